The highest BCUT2D eigenvalue weighted by atomic mass is 31.2. The molecule has 0 fully saturated rings. The van der Waals surface area contributed by atoms with E-state index in [0.717, 1.165) is 12.2 Å². The second kappa shape index (κ2) is 8.21. The topological polar surface area (TPSA) is 156 Å². The van der Waals surface area contributed by atoms with Gasteiger partial charge >= 0.3 is 21.2 Å². The molecule has 0 aliphatic heterocycles. The number of carbonyl (C=O) groups is 1. The van der Waals surface area contributed by atoms with E-state index in [9.17, 15) is 38.6 Å². The molecule has 25 heavy (non-hydrogen) atoms. The molecule has 9 nitrogen and oxygen atoms in total. The van der Waals surface area contributed by atoms with Gasteiger partial charge in [0.25, 0.3) is 0 Å². The largest absolute Gasteiger partial charge is 0.480 e. The van der Waals surface area contributed by atoms with Crippen LogP contribution in [0.2, 0.25) is 0 Å². The Morgan fingerprint density at radius 1 is 0.960 bits per heavy atom. The number of nitrogens with zero attached hydrogens (tertiary/aromatic N) is 1. The minimum Gasteiger partial charge on any atom is -0.480 e. The number of carboxylic acid groups (broad SMARTS) is 1. The lowest BCUT2D eigenvalue weighted by Crippen LogP contribution is -2.46. The van der Waals surface area contributed by atoms with Gasteiger partial charge in [0, 0.05) is 0 Å². The van der Waals surface area contributed by atoms with E-state index in [1.54, 1.807) is 6.07 Å². The van der Waals surface area contributed by atoms with Crippen molar-refractivity contribution in [2.24, 2.45) is 0 Å². The van der Waals surface area contributed by atoms with Crippen molar-refractivity contribution in [1.29, 1.82) is 0 Å². The van der Waals surface area contributed by atoms with Gasteiger partial charge in [-0.3, -0.25) is 18.8 Å². The van der Waals surface area contributed by atoms with Crippen LogP contribution in [0, 0.1) is 0 Å². The standard InChI is InChI=1S/C14H19NO8P2/c1-3-11(24(18,19)20)15(12(4-2)25(21,22)23)13(14(16)17)10-8-6-5-7-9-10/h3-9,11-13H,1-2H2,(H,16,17)(H2,18,19,20)(H2,21,22,23). The molecule has 0 aliphatic rings. The molecule has 1 aromatic rings. The zero-order chi connectivity index (χ0) is 19.4. The summed E-state index contributed by atoms with van der Waals surface area (Å²) in [6.07, 6.45) is 1.51. The van der Waals surface area contributed by atoms with Crippen LogP contribution in [0.15, 0.2) is 55.6 Å². The maximum Gasteiger partial charge on any atom is 0.346 e. The van der Waals surface area contributed by atoms with Crippen molar-refractivity contribution in [1.82, 2.24) is 4.90 Å². The van der Waals surface area contributed by atoms with E-state index in [2.05, 4.69) is 13.2 Å². The Hall–Kier alpha value is -1.57. The summed E-state index contributed by atoms with van der Waals surface area (Å²) in [6, 6.07) is 5.55. The Balaban J connectivity index is 3.70. The first-order valence-electron chi connectivity index (χ1n) is 6.86. The van der Waals surface area contributed by atoms with E-state index < -0.39 is 38.8 Å². The third-order valence-electron chi connectivity index (χ3n) is 3.37. The van der Waals surface area contributed by atoms with Gasteiger partial charge in [-0.05, 0) is 5.56 Å². The van der Waals surface area contributed by atoms with E-state index in [-0.39, 0.29) is 5.56 Å². The zero-order valence-electron chi connectivity index (χ0n) is 13.0. The van der Waals surface area contributed by atoms with E-state index in [1.807, 2.05) is 0 Å². The average Bonchev–Trinajstić information content (AvgIpc) is 2.46. The number of hydrogen-bond donors (Lipinski definition) is 5. The maximum absolute atomic E-state index is 11.8. The monoisotopic (exact) mass is 391 g/mol. The predicted molar refractivity (Wildman–Crippen MR) is 90.7 cm³/mol. The van der Waals surface area contributed by atoms with Gasteiger partial charge < -0.3 is 24.7 Å². The van der Waals surface area contributed by atoms with Gasteiger partial charge in [0.15, 0.2) is 0 Å². The molecule has 0 saturated heterocycles. The molecule has 0 amide bonds. The third kappa shape index (κ3) is 5.20. The summed E-state index contributed by atoms with van der Waals surface area (Å²) in [5.74, 6) is -5.46. The second-order valence-corrected chi connectivity index (χ2v) is 8.49. The van der Waals surface area contributed by atoms with Crippen LogP contribution in [-0.2, 0) is 13.9 Å². The molecule has 0 aliphatic carbocycles. The van der Waals surface area contributed by atoms with E-state index >= 15 is 0 Å². The van der Waals surface area contributed by atoms with Crippen molar-refractivity contribution in [2.75, 3.05) is 0 Å². The van der Waals surface area contributed by atoms with Crippen LogP contribution in [0.4, 0.5) is 0 Å². The highest BCUT2D eigenvalue weighted by Crippen LogP contribution is 2.53. The van der Waals surface area contributed by atoms with Gasteiger partial charge in [-0.1, -0.05) is 42.5 Å². The lowest BCUT2D eigenvalue weighted by molar-refractivity contribution is -0.144. The van der Waals surface area contributed by atoms with Gasteiger partial charge in [0.2, 0.25) is 0 Å². The van der Waals surface area contributed by atoms with Crippen molar-refractivity contribution in [3.8, 4) is 0 Å². The fourth-order valence-corrected chi connectivity index (χ4v) is 4.31. The van der Waals surface area contributed by atoms with Gasteiger partial charge in [0.1, 0.15) is 17.6 Å². The predicted octanol–water partition coefficient (Wildman–Crippen LogP) is 1.49. The molecule has 3 atom stereocenters. The number of carboxylic acids is 1. The summed E-state index contributed by atoms with van der Waals surface area (Å²) in [4.78, 5) is 50.6. The second-order valence-electron chi connectivity index (χ2n) is 5.08. The average molecular weight is 391 g/mol. The molecular weight excluding hydrogens is 372 g/mol. The summed E-state index contributed by atoms with van der Waals surface area (Å²) < 4.78 is 23.6. The fourth-order valence-electron chi connectivity index (χ4n) is 2.40. The summed E-state index contributed by atoms with van der Waals surface area (Å²) in [6.45, 7) is 6.54. The van der Waals surface area contributed by atoms with Crippen molar-refractivity contribution >= 4 is 21.2 Å². The van der Waals surface area contributed by atoms with Gasteiger partial charge in [-0.25, -0.2) is 0 Å². The molecule has 0 saturated carbocycles. The molecule has 0 radical (unpaired) electrons. The number of aliphatic carboxylic acids is 1. The number of rotatable bonds is 9. The van der Waals surface area contributed by atoms with Gasteiger partial charge in [-0.15, -0.1) is 13.2 Å². The summed E-state index contributed by atoms with van der Waals surface area (Å²) >= 11 is 0. The fraction of sp³-hybridized carbons (Fsp3) is 0.214. The highest BCUT2D eigenvalue weighted by molar-refractivity contribution is 7.53. The summed E-state index contributed by atoms with van der Waals surface area (Å²) in [5, 5.41) is 9.60. The molecular formula is C14H19NO8P2. The van der Waals surface area contributed by atoms with E-state index in [1.165, 1.54) is 24.3 Å². The molecule has 0 aromatic heterocycles. The summed E-state index contributed by atoms with van der Waals surface area (Å²) in [7, 11) is -10.1. The quantitative estimate of drug-likeness (QED) is 0.311. The first-order chi connectivity index (χ1) is 11.4. The highest BCUT2D eigenvalue weighted by Gasteiger charge is 2.47. The van der Waals surface area contributed by atoms with Crippen LogP contribution in [-0.4, -0.2) is 47.1 Å². The third-order valence-corrected chi connectivity index (χ3v) is 5.70. The summed E-state index contributed by atoms with van der Waals surface area (Å²) in [5.41, 5.74) is 0.0793. The Bertz CT molecular complexity index is 692. The van der Waals surface area contributed by atoms with E-state index in [0.29, 0.717) is 4.90 Å². The van der Waals surface area contributed by atoms with Crippen LogP contribution < -0.4 is 0 Å². The minimum atomic E-state index is -5.03. The molecule has 138 valence electrons. The van der Waals surface area contributed by atoms with Crippen molar-refractivity contribution < 1.29 is 38.6 Å². The zero-order valence-corrected chi connectivity index (χ0v) is 14.8. The van der Waals surface area contributed by atoms with Crippen LogP contribution in [0.1, 0.15) is 11.6 Å². The van der Waals surface area contributed by atoms with E-state index in [4.69, 9.17) is 0 Å². The molecule has 5 N–H and O–H groups in total. The molecule has 0 bridgehead atoms. The molecule has 3 unspecified atom stereocenters. The van der Waals surface area contributed by atoms with Crippen LogP contribution >= 0.6 is 15.2 Å². The van der Waals surface area contributed by atoms with Gasteiger partial charge in [-0.2, -0.15) is 0 Å². The first kappa shape index (κ1) is 21.5. The Morgan fingerprint density at radius 2 is 1.36 bits per heavy atom. The van der Waals surface area contributed by atoms with Crippen LogP contribution in [0.5, 0.6) is 0 Å². The molecule has 1 rings (SSSR count). The number of benzene rings is 1. The van der Waals surface area contributed by atoms with Crippen LogP contribution in [0.3, 0.4) is 0 Å². The van der Waals surface area contributed by atoms with Crippen molar-refractivity contribution in [3.63, 3.8) is 0 Å². The van der Waals surface area contributed by atoms with Gasteiger partial charge in [0.05, 0.1) is 0 Å². The van der Waals surface area contributed by atoms with Crippen molar-refractivity contribution in [3.05, 3.63) is 61.2 Å². The van der Waals surface area contributed by atoms with Crippen molar-refractivity contribution in [2.45, 2.75) is 17.6 Å². The molecule has 0 heterocycles. The maximum atomic E-state index is 11.8. The Kier molecular flexibility index (Phi) is 7.05. The minimum absolute atomic E-state index is 0.0793. The van der Waals surface area contributed by atoms with Crippen LogP contribution in [0.25, 0.3) is 0 Å². The number of hydrogen-bond acceptors (Lipinski definition) is 4. The lowest BCUT2D eigenvalue weighted by Gasteiger charge is -2.39. The lowest BCUT2D eigenvalue weighted by atomic mass is 10.1. The smallest absolute Gasteiger partial charge is 0.346 e. The molecule has 1 aromatic carbocycles. The first-order valence-corrected chi connectivity index (χ1v) is 10.2. The molecule has 0 spiro atoms. The Morgan fingerprint density at radius 3 is 1.64 bits per heavy atom. The normalized spacial score (nSPS) is 16.0. The Labute approximate surface area is 144 Å². The SMILES string of the molecule is C=CC(N(C(C(=O)O)c1ccccc1)C(C=C)P(=O)(O)O)P(=O)(O)O. The molecule has 11 heteroatoms.